The summed E-state index contributed by atoms with van der Waals surface area (Å²) in [5.41, 5.74) is 0.968. The number of halogens is 2. The molecule has 2 aromatic carbocycles. The van der Waals surface area contributed by atoms with E-state index < -0.39 is 30.3 Å². The molecule has 0 aromatic heterocycles. The van der Waals surface area contributed by atoms with Crippen molar-refractivity contribution in [2.24, 2.45) is 0 Å². The van der Waals surface area contributed by atoms with Crippen molar-refractivity contribution in [2.75, 3.05) is 18.5 Å². The van der Waals surface area contributed by atoms with Gasteiger partial charge in [-0.05, 0) is 35.9 Å². The van der Waals surface area contributed by atoms with Crippen molar-refractivity contribution < 1.29 is 28.3 Å². The molecule has 0 bridgehead atoms. The average Bonchev–Trinajstić information content (AvgIpc) is 3.01. The third kappa shape index (κ3) is 5.08. The number of carbonyl (C=O) groups is 4. The minimum atomic E-state index is -0.753. The maximum absolute atomic E-state index is 13.1. The van der Waals surface area contributed by atoms with E-state index in [9.17, 15) is 23.6 Å². The van der Waals surface area contributed by atoms with Gasteiger partial charge in [0, 0.05) is 5.69 Å². The summed E-state index contributed by atoms with van der Waals surface area (Å²) in [5.74, 6) is -2.36. The Hall–Kier alpha value is -3.46. The largest absolute Gasteiger partial charge is 0.452 e. The zero-order chi connectivity index (χ0) is 21.0. The van der Waals surface area contributed by atoms with Crippen LogP contribution in [0.25, 0.3) is 0 Å². The van der Waals surface area contributed by atoms with E-state index >= 15 is 0 Å². The van der Waals surface area contributed by atoms with Gasteiger partial charge in [-0.2, -0.15) is 0 Å². The van der Waals surface area contributed by atoms with Crippen molar-refractivity contribution in [3.63, 3.8) is 0 Å². The van der Waals surface area contributed by atoms with Crippen LogP contribution in [0, 0.1) is 5.82 Å². The van der Waals surface area contributed by atoms with Gasteiger partial charge >= 0.3 is 12.0 Å². The maximum Gasteiger partial charge on any atom is 0.338 e. The van der Waals surface area contributed by atoms with Crippen molar-refractivity contribution in [3.8, 4) is 0 Å². The molecule has 0 radical (unpaired) electrons. The number of imide groups is 1. The van der Waals surface area contributed by atoms with Crippen LogP contribution in [0.1, 0.15) is 15.9 Å². The molecule has 150 valence electrons. The molecule has 0 unspecified atom stereocenters. The highest BCUT2D eigenvalue weighted by atomic mass is 35.5. The fourth-order valence-electron chi connectivity index (χ4n) is 2.58. The number of nitrogens with zero attached hydrogens (tertiary/aromatic N) is 1. The molecule has 1 fully saturated rings. The van der Waals surface area contributed by atoms with Crippen LogP contribution in [0.3, 0.4) is 0 Å². The molecule has 1 aliphatic rings. The Morgan fingerprint density at radius 2 is 2.00 bits per heavy atom. The number of benzene rings is 2. The summed E-state index contributed by atoms with van der Waals surface area (Å²) in [4.78, 5) is 48.4. The number of ether oxygens (including phenoxy) is 1. The standard InChI is InChI=1S/C19H15ClFN3O5/c20-14-7-13(4-5-15(14)21)23-16(25)10-29-18(27)12-3-1-2-11(6-12)9-24-17(26)8-22-19(24)28/h1-7H,8-10H2,(H,22,28)(H,23,25). The summed E-state index contributed by atoms with van der Waals surface area (Å²) in [6.45, 7) is -0.613. The average molecular weight is 420 g/mol. The predicted octanol–water partition coefficient (Wildman–Crippen LogP) is 2.33. The van der Waals surface area contributed by atoms with Crippen LogP contribution in [-0.4, -0.2) is 41.9 Å². The van der Waals surface area contributed by atoms with Crippen LogP contribution in [0.2, 0.25) is 5.02 Å². The number of rotatable bonds is 6. The zero-order valence-electron chi connectivity index (χ0n) is 14.9. The van der Waals surface area contributed by atoms with Gasteiger partial charge in [0.05, 0.1) is 23.7 Å². The van der Waals surface area contributed by atoms with Crippen molar-refractivity contribution in [1.29, 1.82) is 0 Å². The number of anilines is 1. The van der Waals surface area contributed by atoms with Gasteiger partial charge in [-0.1, -0.05) is 23.7 Å². The van der Waals surface area contributed by atoms with Gasteiger partial charge < -0.3 is 15.4 Å². The lowest BCUT2D eigenvalue weighted by molar-refractivity contribution is -0.125. The molecule has 2 aromatic rings. The molecule has 1 saturated heterocycles. The van der Waals surface area contributed by atoms with E-state index in [-0.39, 0.29) is 35.3 Å². The molecular weight excluding hydrogens is 405 g/mol. The van der Waals surface area contributed by atoms with Crippen molar-refractivity contribution in [2.45, 2.75) is 6.54 Å². The lowest BCUT2D eigenvalue weighted by Crippen LogP contribution is -2.30. The van der Waals surface area contributed by atoms with Crippen molar-refractivity contribution >= 4 is 41.1 Å². The molecule has 10 heteroatoms. The highest BCUT2D eigenvalue weighted by molar-refractivity contribution is 6.31. The second-order valence-electron chi connectivity index (χ2n) is 6.09. The van der Waals surface area contributed by atoms with E-state index in [0.29, 0.717) is 5.56 Å². The third-order valence-corrected chi connectivity index (χ3v) is 4.27. The topological polar surface area (TPSA) is 105 Å². The molecular formula is C19H15ClFN3O5. The number of urea groups is 1. The van der Waals surface area contributed by atoms with Crippen molar-refractivity contribution in [1.82, 2.24) is 10.2 Å². The van der Waals surface area contributed by atoms with Gasteiger partial charge in [0.2, 0.25) is 5.91 Å². The van der Waals surface area contributed by atoms with E-state index in [2.05, 4.69) is 10.6 Å². The van der Waals surface area contributed by atoms with Gasteiger partial charge in [0.15, 0.2) is 6.61 Å². The molecule has 8 nitrogen and oxygen atoms in total. The highest BCUT2D eigenvalue weighted by Gasteiger charge is 2.28. The number of esters is 1. The lowest BCUT2D eigenvalue weighted by atomic mass is 10.1. The van der Waals surface area contributed by atoms with Crippen LogP contribution in [0.15, 0.2) is 42.5 Å². The van der Waals surface area contributed by atoms with Crippen molar-refractivity contribution in [3.05, 3.63) is 64.4 Å². The van der Waals surface area contributed by atoms with Crippen LogP contribution in [0.5, 0.6) is 0 Å². The summed E-state index contributed by atoms with van der Waals surface area (Å²) in [7, 11) is 0. The van der Waals surface area contributed by atoms with E-state index in [4.69, 9.17) is 16.3 Å². The second-order valence-corrected chi connectivity index (χ2v) is 6.50. The Kier molecular flexibility index (Phi) is 6.08. The van der Waals surface area contributed by atoms with Crippen LogP contribution >= 0.6 is 11.6 Å². The van der Waals surface area contributed by atoms with Gasteiger partial charge in [-0.15, -0.1) is 0 Å². The number of nitrogens with one attached hydrogen (secondary N) is 2. The number of amides is 4. The predicted molar refractivity (Wildman–Crippen MR) is 101 cm³/mol. The normalized spacial score (nSPS) is 13.2. The van der Waals surface area contributed by atoms with Crippen LogP contribution in [-0.2, 0) is 20.9 Å². The van der Waals surface area contributed by atoms with Gasteiger partial charge in [0.1, 0.15) is 5.82 Å². The maximum atomic E-state index is 13.1. The number of hydrogen-bond acceptors (Lipinski definition) is 5. The molecule has 1 aliphatic heterocycles. The minimum absolute atomic E-state index is 0.0115. The third-order valence-electron chi connectivity index (χ3n) is 3.98. The molecule has 0 aliphatic carbocycles. The summed E-state index contributed by atoms with van der Waals surface area (Å²) in [6.07, 6.45) is 0. The molecule has 0 spiro atoms. The van der Waals surface area contributed by atoms with E-state index in [1.165, 1.54) is 24.3 Å². The molecule has 4 amide bonds. The monoisotopic (exact) mass is 419 g/mol. The highest BCUT2D eigenvalue weighted by Crippen LogP contribution is 2.19. The summed E-state index contributed by atoms with van der Waals surface area (Å²) < 4.78 is 18.1. The van der Waals surface area contributed by atoms with Gasteiger partial charge in [0.25, 0.3) is 5.91 Å². The summed E-state index contributed by atoms with van der Waals surface area (Å²) in [6, 6.07) is 9.33. The number of carbonyl (C=O) groups excluding carboxylic acids is 4. The van der Waals surface area contributed by atoms with Crippen LogP contribution in [0.4, 0.5) is 14.9 Å². The van der Waals surface area contributed by atoms with E-state index in [0.717, 1.165) is 11.0 Å². The van der Waals surface area contributed by atoms with Crippen LogP contribution < -0.4 is 10.6 Å². The summed E-state index contributed by atoms with van der Waals surface area (Å²) in [5, 5.41) is 4.69. The zero-order valence-corrected chi connectivity index (χ0v) is 15.7. The Morgan fingerprint density at radius 1 is 1.21 bits per heavy atom. The van der Waals surface area contributed by atoms with E-state index in [1.807, 2.05) is 0 Å². The quantitative estimate of drug-likeness (QED) is 0.552. The first kappa shape index (κ1) is 20.3. The first-order chi connectivity index (χ1) is 13.8. The Bertz CT molecular complexity index is 982. The SMILES string of the molecule is O=C(COC(=O)c1cccc(CN2C(=O)CNC2=O)c1)Nc1ccc(F)c(Cl)c1. The fraction of sp³-hybridized carbons (Fsp3) is 0.158. The Morgan fingerprint density at radius 3 is 2.69 bits per heavy atom. The Balaban J connectivity index is 1.56. The minimum Gasteiger partial charge on any atom is -0.452 e. The molecule has 1 heterocycles. The first-order valence-corrected chi connectivity index (χ1v) is 8.80. The smallest absolute Gasteiger partial charge is 0.338 e. The van der Waals surface area contributed by atoms with E-state index in [1.54, 1.807) is 12.1 Å². The number of hydrogen-bond donors (Lipinski definition) is 2. The second kappa shape index (κ2) is 8.70. The Labute approximate surface area is 169 Å². The van der Waals surface area contributed by atoms with Gasteiger partial charge in [-0.25, -0.2) is 14.0 Å². The molecule has 0 saturated carbocycles. The molecule has 3 rings (SSSR count). The molecule has 29 heavy (non-hydrogen) atoms. The lowest BCUT2D eigenvalue weighted by Gasteiger charge is -2.13. The first-order valence-electron chi connectivity index (χ1n) is 8.42. The molecule has 2 N–H and O–H groups in total. The summed E-state index contributed by atoms with van der Waals surface area (Å²) >= 11 is 5.64. The van der Waals surface area contributed by atoms with Gasteiger partial charge in [-0.3, -0.25) is 14.5 Å². The molecule has 0 atom stereocenters. The fourth-order valence-corrected chi connectivity index (χ4v) is 2.76.